The molecule has 39 heavy (non-hydrogen) atoms. The summed E-state index contributed by atoms with van der Waals surface area (Å²) in [6.45, 7) is 6.02. The van der Waals surface area contributed by atoms with Crippen LogP contribution in [0.5, 0.6) is 5.75 Å². The predicted molar refractivity (Wildman–Crippen MR) is 149 cm³/mol. The molecule has 2 unspecified atom stereocenters. The van der Waals surface area contributed by atoms with Crippen LogP contribution in [0.25, 0.3) is 11.1 Å². The van der Waals surface area contributed by atoms with Gasteiger partial charge in [0.15, 0.2) is 0 Å². The zero-order valence-electron chi connectivity index (χ0n) is 22.8. The van der Waals surface area contributed by atoms with Gasteiger partial charge in [-0.1, -0.05) is 63.2 Å². The van der Waals surface area contributed by atoms with Gasteiger partial charge in [0.05, 0.1) is 30.3 Å². The first-order chi connectivity index (χ1) is 18.5. The van der Waals surface area contributed by atoms with Crippen molar-refractivity contribution >= 4 is 17.8 Å². The summed E-state index contributed by atoms with van der Waals surface area (Å²) in [5, 5.41) is 20.5. The van der Waals surface area contributed by atoms with Crippen molar-refractivity contribution < 1.29 is 29.3 Å². The zero-order valence-corrected chi connectivity index (χ0v) is 22.8. The van der Waals surface area contributed by atoms with Gasteiger partial charge in [0.2, 0.25) is 0 Å². The van der Waals surface area contributed by atoms with E-state index in [4.69, 9.17) is 4.74 Å². The van der Waals surface area contributed by atoms with E-state index in [1.807, 2.05) is 75.4 Å². The molecule has 3 aromatic carbocycles. The van der Waals surface area contributed by atoms with Gasteiger partial charge in [-0.05, 0) is 71.2 Å². The van der Waals surface area contributed by atoms with Crippen molar-refractivity contribution in [3.05, 3.63) is 89.0 Å². The molecular weight excluding hydrogens is 494 g/mol. The second-order valence-corrected chi connectivity index (χ2v) is 11.0. The standard InChI is InChI=1S/C32H35NO6/c1-32(2,3)23-12-15-25-27(19-23)30(36)33(29(25)35)18-17-26(31(37)38)28(34)16-7-20-5-8-21(9-6-20)22-10-13-24(39-4)14-11-22/h5-6,8-15,19,26,28,34H,7,16-18H2,1-4H3,(H,37,38). The lowest BCUT2D eigenvalue weighted by Crippen LogP contribution is -2.36. The van der Waals surface area contributed by atoms with E-state index in [1.165, 1.54) is 0 Å². The highest BCUT2D eigenvalue weighted by Crippen LogP contribution is 2.30. The molecule has 1 aliphatic rings. The normalized spacial score (nSPS) is 14.7. The number of nitrogens with zero attached hydrogens (tertiary/aromatic N) is 1. The Morgan fingerprint density at radius 3 is 2.03 bits per heavy atom. The summed E-state index contributed by atoms with van der Waals surface area (Å²) in [5.41, 5.74) is 4.51. The third-order valence-electron chi connectivity index (χ3n) is 7.39. The second-order valence-electron chi connectivity index (χ2n) is 11.0. The molecule has 1 aliphatic heterocycles. The van der Waals surface area contributed by atoms with Crippen LogP contribution in [0, 0.1) is 5.92 Å². The summed E-state index contributed by atoms with van der Waals surface area (Å²) >= 11 is 0. The molecule has 7 heteroatoms. The van der Waals surface area contributed by atoms with Crippen LogP contribution >= 0.6 is 0 Å². The average Bonchev–Trinajstić information content (AvgIpc) is 3.16. The van der Waals surface area contributed by atoms with Gasteiger partial charge in [0.25, 0.3) is 11.8 Å². The number of aliphatic carboxylic acids is 1. The van der Waals surface area contributed by atoms with E-state index < -0.39 is 29.8 Å². The topological polar surface area (TPSA) is 104 Å². The lowest BCUT2D eigenvalue weighted by atomic mass is 9.85. The largest absolute Gasteiger partial charge is 0.497 e. The molecule has 4 rings (SSSR count). The van der Waals surface area contributed by atoms with Gasteiger partial charge in [-0.2, -0.15) is 0 Å². The summed E-state index contributed by atoms with van der Waals surface area (Å²) in [6, 6.07) is 20.9. The van der Waals surface area contributed by atoms with E-state index in [2.05, 4.69) is 0 Å². The number of benzene rings is 3. The number of aryl methyl sites for hydroxylation is 1. The van der Waals surface area contributed by atoms with Gasteiger partial charge < -0.3 is 14.9 Å². The fourth-order valence-corrected chi connectivity index (χ4v) is 4.87. The fraction of sp³-hybridized carbons (Fsp3) is 0.344. The Balaban J connectivity index is 1.36. The van der Waals surface area contributed by atoms with Gasteiger partial charge in [-0.15, -0.1) is 0 Å². The molecule has 0 aromatic heterocycles. The number of ether oxygens (including phenoxy) is 1. The Morgan fingerprint density at radius 1 is 0.872 bits per heavy atom. The molecule has 3 aromatic rings. The van der Waals surface area contributed by atoms with Crippen LogP contribution in [0.15, 0.2) is 66.7 Å². The van der Waals surface area contributed by atoms with Gasteiger partial charge in [0.1, 0.15) is 5.75 Å². The lowest BCUT2D eigenvalue weighted by molar-refractivity contribution is -0.146. The number of carboxylic acids is 1. The van der Waals surface area contributed by atoms with E-state index in [0.717, 1.165) is 32.9 Å². The summed E-state index contributed by atoms with van der Waals surface area (Å²) in [4.78, 5) is 39.0. The van der Waals surface area contributed by atoms with Crippen LogP contribution in [-0.2, 0) is 16.6 Å². The number of aliphatic hydroxyl groups excluding tert-OH is 1. The molecular formula is C32H35NO6. The SMILES string of the molecule is COc1ccc(-c2ccc(CCC(O)C(CCN3C(=O)c4ccc(C(C)(C)C)cc4C3=O)C(=O)O)cc2)cc1. The smallest absolute Gasteiger partial charge is 0.309 e. The third kappa shape index (κ3) is 6.20. The van der Waals surface area contributed by atoms with Crippen molar-refractivity contribution in [2.75, 3.05) is 13.7 Å². The number of rotatable bonds is 10. The van der Waals surface area contributed by atoms with Crippen LogP contribution < -0.4 is 4.74 Å². The Morgan fingerprint density at radius 2 is 1.46 bits per heavy atom. The number of carboxylic acid groups (broad SMARTS) is 1. The molecule has 0 saturated heterocycles. The van der Waals surface area contributed by atoms with Crippen LogP contribution in [-0.4, -0.2) is 52.7 Å². The Bertz CT molecular complexity index is 1350. The number of methoxy groups -OCH3 is 1. The van der Waals surface area contributed by atoms with Crippen molar-refractivity contribution in [1.29, 1.82) is 0 Å². The van der Waals surface area contributed by atoms with Crippen molar-refractivity contribution in [3.63, 3.8) is 0 Å². The maximum atomic E-state index is 13.0. The highest BCUT2D eigenvalue weighted by atomic mass is 16.5. The third-order valence-corrected chi connectivity index (χ3v) is 7.39. The van der Waals surface area contributed by atoms with Crippen molar-refractivity contribution in [2.24, 2.45) is 5.92 Å². The molecule has 2 atom stereocenters. The van der Waals surface area contributed by atoms with Crippen LogP contribution in [0.4, 0.5) is 0 Å². The van der Waals surface area contributed by atoms with Gasteiger partial charge >= 0.3 is 5.97 Å². The molecule has 2 amide bonds. The highest BCUT2D eigenvalue weighted by molar-refractivity contribution is 6.21. The monoisotopic (exact) mass is 529 g/mol. The molecule has 204 valence electrons. The van der Waals surface area contributed by atoms with E-state index in [-0.39, 0.29) is 24.8 Å². The lowest BCUT2D eigenvalue weighted by Gasteiger charge is -2.22. The minimum absolute atomic E-state index is 0.0233. The summed E-state index contributed by atoms with van der Waals surface area (Å²) in [5.74, 6) is -2.31. The fourth-order valence-electron chi connectivity index (χ4n) is 4.87. The quantitative estimate of drug-likeness (QED) is 0.344. The molecule has 2 N–H and O–H groups in total. The molecule has 0 radical (unpaired) electrons. The first kappa shape index (κ1) is 28.0. The van der Waals surface area contributed by atoms with Gasteiger partial charge in [0, 0.05) is 6.54 Å². The first-order valence-corrected chi connectivity index (χ1v) is 13.1. The number of hydrogen-bond acceptors (Lipinski definition) is 5. The number of aliphatic hydroxyl groups is 1. The number of fused-ring (bicyclic) bond motifs is 1. The van der Waals surface area contributed by atoms with Crippen LogP contribution in [0.1, 0.15) is 65.5 Å². The Kier molecular flexibility index (Phi) is 8.21. The van der Waals surface area contributed by atoms with Crippen molar-refractivity contribution in [1.82, 2.24) is 4.90 Å². The molecule has 0 saturated carbocycles. The van der Waals surface area contributed by atoms with Crippen molar-refractivity contribution in [3.8, 4) is 16.9 Å². The average molecular weight is 530 g/mol. The van der Waals surface area contributed by atoms with Gasteiger partial charge in [-0.25, -0.2) is 0 Å². The maximum Gasteiger partial charge on any atom is 0.309 e. The van der Waals surface area contributed by atoms with E-state index in [0.29, 0.717) is 17.5 Å². The summed E-state index contributed by atoms with van der Waals surface area (Å²) < 4.78 is 5.20. The Hall–Kier alpha value is -3.97. The van der Waals surface area contributed by atoms with Crippen molar-refractivity contribution in [2.45, 2.75) is 51.6 Å². The predicted octanol–water partition coefficient (Wildman–Crippen LogP) is 5.34. The molecule has 0 spiro atoms. The molecule has 7 nitrogen and oxygen atoms in total. The molecule has 0 fully saturated rings. The van der Waals surface area contributed by atoms with Crippen LogP contribution in [0.3, 0.4) is 0 Å². The molecule has 1 heterocycles. The molecule has 0 bridgehead atoms. The zero-order chi connectivity index (χ0) is 28.3. The minimum Gasteiger partial charge on any atom is -0.497 e. The van der Waals surface area contributed by atoms with E-state index in [9.17, 15) is 24.6 Å². The number of imide groups is 1. The second kappa shape index (κ2) is 11.4. The maximum absolute atomic E-state index is 13.0. The van der Waals surface area contributed by atoms with E-state index in [1.54, 1.807) is 19.2 Å². The highest BCUT2D eigenvalue weighted by Gasteiger charge is 2.37. The van der Waals surface area contributed by atoms with E-state index >= 15 is 0 Å². The van der Waals surface area contributed by atoms with Gasteiger partial charge in [-0.3, -0.25) is 19.3 Å². The number of amides is 2. The number of carbonyl (C=O) groups excluding carboxylic acids is 2. The number of hydrogen-bond donors (Lipinski definition) is 2. The Labute approximate surface area is 229 Å². The summed E-state index contributed by atoms with van der Waals surface area (Å²) in [6.07, 6.45) is -0.400. The van der Waals surface area contributed by atoms with Crippen LogP contribution in [0.2, 0.25) is 0 Å². The number of carbonyl (C=O) groups is 3. The summed E-state index contributed by atoms with van der Waals surface area (Å²) in [7, 11) is 1.62. The minimum atomic E-state index is -1.15. The first-order valence-electron chi connectivity index (χ1n) is 13.1. The molecule has 0 aliphatic carbocycles.